The normalized spacial score (nSPS) is 11.9. The van der Waals surface area contributed by atoms with Gasteiger partial charge in [-0.2, -0.15) is 0 Å². The average molecular weight is 259 g/mol. The van der Waals surface area contributed by atoms with E-state index < -0.39 is 17.5 Å². The number of nitrogens with one attached hydrogen (secondary N) is 1. The lowest BCUT2D eigenvalue weighted by atomic mass is 9.89. The number of hydrogen-bond acceptors (Lipinski definition) is 1. The Balaban J connectivity index is 2.83. The lowest BCUT2D eigenvalue weighted by molar-refractivity contribution is 0.286. The molecule has 0 aliphatic rings. The van der Waals surface area contributed by atoms with Crippen LogP contribution in [0, 0.1) is 17.5 Å². The standard InChI is InChI=1S/C14H20F3N/c1-4-14(5-2,6-3)18-9-10-7-12(16)13(17)8-11(10)15/h7-8,18H,4-6,9H2,1-3H3. The Hall–Kier alpha value is -1.03. The number of rotatable bonds is 6. The highest BCUT2D eigenvalue weighted by Gasteiger charge is 2.23. The summed E-state index contributed by atoms with van der Waals surface area (Å²) in [6, 6.07) is 1.52. The topological polar surface area (TPSA) is 12.0 Å². The summed E-state index contributed by atoms with van der Waals surface area (Å²) < 4.78 is 39.3. The highest BCUT2D eigenvalue weighted by Crippen LogP contribution is 2.21. The monoisotopic (exact) mass is 259 g/mol. The van der Waals surface area contributed by atoms with Gasteiger partial charge in [0.05, 0.1) is 0 Å². The van der Waals surface area contributed by atoms with Gasteiger partial charge in [0.15, 0.2) is 11.6 Å². The molecular formula is C14H20F3N. The molecule has 4 heteroatoms. The van der Waals surface area contributed by atoms with Crippen molar-refractivity contribution >= 4 is 0 Å². The van der Waals surface area contributed by atoms with E-state index >= 15 is 0 Å². The van der Waals surface area contributed by atoms with Crippen LogP contribution >= 0.6 is 0 Å². The SMILES string of the molecule is CCC(CC)(CC)NCc1cc(F)c(F)cc1F. The summed E-state index contributed by atoms with van der Waals surface area (Å²) in [6.07, 6.45) is 2.72. The molecule has 0 aliphatic heterocycles. The van der Waals surface area contributed by atoms with Crippen molar-refractivity contribution in [3.8, 4) is 0 Å². The quantitative estimate of drug-likeness (QED) is 0.756. The Morgan fingerprint density at radius 2 is 1.39 bits per heavy atom. The van der Waals surface area contributed by atoms with Gasteiger partial charge in [-0.05, 0) is 25.3 Å². The molecule has 0 radical (unpaired) electrons. The van der Waals surface area contributed by atoms with Crippen molar-refractivity contribution in [1.29, 1.82) is 0 Å². The Bertz CT molecular complexity index is 392. The molecule has 0 atom stereocenters. The van der Waals surface area contributed by atoms with Gasteiger partial charge in [0.1, 0.15) is 5.82 Å². The maximum Gasteiger partial charge on any atom is 0.161 e. The van der Waals surface area contributed by atoms with Gasteiger partial charge >= 0.3 is 0 Å². The molecule has 0 aromatic heterocycles. The summed E-state index contributed by atoms with van der Waals surface area (Å²) in [4.78, 5) is 0. The predicted molar refractivity (Wildman–Crippen MR) is 66.8 cm³/mol. The maximum absolute atomic E-state index is 13.5. The first-order valence-corrected chi connectivity index (χ1v) is 6.36. The second-order valence-electron chi connectivity index (χ2n) is 4.55. The Morgan fingerprint density at radius 3 is 1.89 bits per heavy atom. The van der Waals surface area contributed by atoms with Gasteiger partial charge in [-0.1, -0.05) is 20.8 Å². The molecule has 0 saturated heterocycles. The van der Waals surface area contributed by atoms with Crippen molar-refractivity contribution in [3.63, 3.8) is 0 Å². The van der Waals surface area contributed by atoms with Crippen LogP contribution in [-0.4, -0.2) is 5.54 Å². The minimum Gasteiger partial charge on any atom is -0.307 e. The molecule has 0 aliphatic carbocycles. The van der Waals surface area contributed by atoms with Crippen LogP contribution in [0.1, 0.15) is 45.6 Å². The molecule has 0 fully saturated rings. The van der Waals surface area contributed by atoms with Crippen LogP contribution in [0.5, 0.6) is 0 Å². The van der Waals surface area contributed by atoms with Gasteiger partial charge in [-0.25, -0.2) is 13.2 Å². The second-order valence-corrected chi connectivity index (χ2v) is 4.55. The molecule has 1 aromatic carbocycles. The zero-order valence-electron chi connectivity index (χ0n) is 11.1. The Morgan fingerprint density at radius 1 is 0.889 bits per heavy atom. The molecule has 0 bridgehead atoms. The van der Waals surface area contributed by atoms with Gasteiger partial charge in [0, 0.05) is 23.7 Å². The summed E-state index contributed by atoms with van der Waals surface area (Å²) in [5.74, 6) is -2.87. The van der Waals surface area contributed by atoms with E-state index in [0.717, 1.165) is 25.3 Å². The van der Waals surface area contributed by atoms with Crippen LogP contribution in [0.25, 0.3) is 0 Å². The van der Waals surface area contributed by atoms with E-state index in [1.165, 1.54) is 0 Å². The highest BCUT2D eigenvalue weighted by molar-refractivity contribution is 5.20. The van der Waals surface area contributed by atoms with E-state index in [2.05, 4.69) is 26.1 Å². The molecule has 0 unspecified atom stereocenters. The van der Waals surface area contributed by atoms with Crippen molar-refractivity contribution in [2.45, 2.75) is 52.1 Å². The first-order valence-electron chi connectivity index (χ1n) is 6.36. The Labute approximate surface area is 106 Å². The number of benzene rings is 1. The summed E-state index contributed by atoms with van der Waals surface area (Å²) in [6.45, 7) is 6.38. The predicted octanol–water partition coefficient (Wildman–Crippen LogP) is 4.16. The maximum atomic E-state index is 13.5. The van der Waals surface area contributed by atoms with Crippen molar-refractivity contribution < 1.29 is 13.2 Å². The van der Waals surface area contributed by atoms with E-state index in [0.29, 0.717) is 6.07 Å². The molecule has 0 spiro atoms. The summed E-state index contributed by atoms with van der Waals surface area (Å²) >= 11 is 0. The minimum absolute atomic E-state index is 0.0721. The molecule has 0 saturated carbocycles. The third-order valence-corrected chi connectivity index (χ3v) is 3.77. The van der Waals surface area contributed by atoms with E-state index in [1.807, 2.05) is 0 Å². The highest BCUT2D eigenvalue weighted by atomic mass is 19.2. The van der Waals surface area contributed by atoms with Crippen molar-refractivity contribution in [2.75, 3.05) is 0 Å². The zero-order valence-corrected chi connectivity index (χ0v) is 11.1. The van der Waals surface area contributed by atoms with Gasteiger partial charge in [0.25, 0.3) is 0 Å². The molecule has 0 heterocycles. The van der Waals surface area contributed by atoms with Crippen LogP contribution in [0.2, 0.25) is 0 Å². The van der Waals surface area contributed by atoms with Gasteiger partial charge in [-0.15, -0.1) is 0 Å². The van der Waals surface area contributed by atoms with E-state index in [-0.39, 0.29) is 17.6 Å². The number of halogens is 3. The van der Waals surface area contributed by atoms with E-state index in [1.54, 1.807) is 0 Å². The fourth-order valence-electron chi connectivity index (χ4n) is 2.11. The summed E-state index contributed by atoms with van der Waals surface area (Å²) in [5.41, 5.74) is 0.0886. The summed E-state index contributed by atoms with van der Waals surface area (Å²) in [7, 11) is 0. The smallest absolute Gasteiger partial charge is 0.161 e. The molecule has 0 amide bonds. The van der Waals surface area contributed by atoms with Gasteiger partial charge in [0.2, 0.25) is 0 Å². The molecular weight excluding hydrogens is 239 g/mol. The second kappa shape index (κ2) is 6.23. The first-order chi connectivity index (χ1) is 8.48. The van der Waals surface area contributed by atoms with Crippen molar-refractivity contribution in [2.24, 2.45) is 0 Å². The third-order valence-electron chi connectivity index (χ3n) is 3.77. The van der Waals surface area contributed by atoms with Crippen LogP contribution in [-0.2, 0) is 6.54 Å². The molecule has 1 aromatic rings. The van der Waals surface area contributed by atoms with Crippen LogP contribution < -0.4 is 5.32 Å². The van der Waals surface area contributed by atoms with Gasteiger partial charge in [-0.3, -0.25) is 0 Å². The number of hydrogen-bond donors (Lipinski definition) is 1. The summed E-state index contributed by atoms with van der Waals surface area (Å²) in [5, 5.41) is 3.26. The zero-order chi connectivity index (χ0) is 13.8. The van der Waals surface area contributed by atoms with E-state index in [9.17, 15) is 13.2 Å². The van der Waals surface area contributed by atoms with Crippen LogP contribution in [0.15, 0.2) is 12.1 Å². The molecule has 1 nitrogen and oxygen atoms in total. The fraction of sp³-hybridized carbons (Fsp3) is 0.571. The van der Waals surface area contributed by atoms with Crippen molar-refractivity contribution in [1.82, 2.24) is 5.32 Å². The average Bonchev–Trinajstić information content (AvgIpc) is 2.37. The minimum atomic E-state index is -1.15. The van der Waals surface area contributed by atoms with Gasteiger partial charge < -0.3 is 5.32 Å². The third kappa shape index (κ3) is 3.25. The lowest BCUT2D eigenvalue weighted by Gasteiger charge is -2.32. The van der Waals surface area contributed by atoms with Crippen LogP contribution in [0.3, 0.4) is 0 Å². The lowest BCUT2D eigenvalue weighted by Crippen LogP contribution is -2.43. The van der Waals surface area contributed by atoms with Crippen LogP contribution in [0.4, 0.5) is 13.2 Å². The molecule has 1 N–H and O–H groups in total. The first kappa shape index (κ1) is 15.0. The Kier molecular flexibility index (Phi) is 5.20. The largest absolute Gasteiger partial charge is 0.307 e. The molecule has 1 rings (SSSR count). The van der Waals surface area contributed by atoms with E-state index in [4.69, 9.17) is 0 Å². The molecule has 102 valence electrons. The van der Waals surface area contributed by atoms with Crippen molar-refractivity contribution in [3.05, 3.63) is 35.1 Å². The fourth-order valence-corrected chi connectivity index (χ4v) is 2.11. The molecule has 18 heavy (non-hydrogen) atoms.